The number of hydrogen-bond donors (Lipinski definition) is 0. The molecule has 0 fully saturated rings. The van der Waals surface area contributed by atoms with E-state index in [1.165, 1.54) is 4.57 Å². The van der Waals surface area contributed by atoms with Crippen molar-refractivity contribution in [2.45, 2.75) is 6.54 Å². The maximum absolute atomic E-state index is 12.8. The first-order valence-electron chi connectivity index (χ1n) is 7.62. The first kappa shape index (κ1) is 16.8. The summed E-state index contributed by atoms with van der Waals surface area (Å²) in [7, 11) is 1.56. The maximum Gasteiger partial charge on any atom is 0.259 e. The van der Waals surface area contributed by atoms with Gasteiger partial charge < -0.3 is 4.74 Å². The van der Waals surface area contributed by atoms with Crippen LogP contribution >= 0.6 is 11.6 Å². The van der Waals surface area contributed by atoms with Gasteiger partial charge in [-0.25, -0.2) is 0 Å². The molecule has 0 radical (unpaired) electrons. The summed E-state index contributed by atoms with van der Waals surface area (Å²) < 4.78 is 6.72. The summed E-state index contributed by atoms with van der Waals surface area (Å²) in [6.07, 6.45) is 1.60. The zero-order valence-electron chi connectivity index (χ0n) is 13.6. The normalized spacial score (nSPS) is 10.4. The van der Waals surface area contributed by atoms with Gasteiger partial charge in [-0.15, -0.1) is 6.58 Å². The minimum atomic E-state index is -0.236. The molecule has 0 amide bonds. The average Bonchev–Trinajstić information content (AvgIpc) is 2.63. The Labute approximate surface area is 150 Å². The summed E-state index contributed by atoms with van der Waals surface area (Å²) in [6.45, 7) is 3.93. The predicted octanol–water partition coefficient (Wildman–Crippen LogP) is 4.39. The van der Waals surface area contributed by atoms with Crippen molar-refractivity contribution in [2.75, 3.05) is 7.11 Å². The van der Waals surface area contributed by atoms with Gasteiger partial charge in [0.1, 0.15) is 17.5 Å². The molecule has 0 unspecified atom stereocenters. The molecule has 0 saturated heterocycles. The van der Waals surface area contributed by atoms with Crippen LogP contribution in [0, 0.1) is 11.3 Å². The molecule has 3 rings (SSSR count). The summed E-state index contributed by atoms with van der Waals surface area (Å²) in [5.41, 5.74) is 1.45. The molecule has 0 aliphatic rings. The van der Waals surface area contributed by atoms with Gasteiger partial charge in [0, 0.05) is 27.9 Å². The Bertz CT molecular complexity index is 1080. The van der Waals surface area contributed by atoms with Crippen molar-refractivity contribution in [3.05, 3.63) is 76.2 Å². The highest BCUT2D eigenvalue weighted by Crippen LogP contribution is 2.33. The molecular formula is C20H15ClN2O2. The zero-order chi connectivity index (χ0) is 18.0. The number of pyridine rings is 1. The topological polar surface area (TPSA) is 55.0 Å². The Morgan fingerprint density at radius 3 is 2.72 bits per heavy atom. The van der Waals surface area contributed by atoms with Gasteiger partial charge >= 0.3 is 0 Å². The third-order valence-corrected chi connectivity index (χ3v) is 4.24. The van der Waals surface area contributed by atoms with Crippen LogP contribution in [0.4, 0.5) is 0 Å². The monoisotopic (exact) mass is 350 g/mol. The molecule has 124 valence electrons. The SMILES string of the molecule is C=CCn1c(C#N)c(-c2cccc(Cl)c2)c2cc(OC)ccc2c1=O. The van der Waals surface area contributed by atoms with E-state index in [0.717, 1.165) is 5.56 Å². The summed E-state index contributed by atoms with van der Waals surface area (Å²) in [6, 6.07) is 14.6. The Morgan fingerprint density at radius 2 is 2.08 bits per heavy atom. The van der Waals surface area contributed by atoms with Crippen LogP contribution in [0.25, 0.3) is 21.9 Å². The molecule has 3 aromatic rings. The Hall–Kier alpha value is -3.03. The second kappa shape index (κ2) is 6.84. The molecule has 0 spiro atoms. The van der Waals surface area contributed by atoms with Crippen molar-refractivity contribution >= 4 is 22.4 Å². The minimum absolute atomic E-state index is 0.236. The maximum atomic E-state index is 12.8. The minimum Gasteiger partial charge on any atom is -0.497 e. The van der Waals surface area contributed by atoms with Crippen molar-refractivity contribution in [2.24, 2.45) is 0 Å². The van der Waals surface area contributed by atoms with E-state index in [0.29, 0.717) is 27.1 Å². The van der Waals surface area contributed by atoms with E-state index in [4.69, 9.17) is 16.3 Å². The number of nitriles is 1. The molecular weight excluding hydrogens is 336 g/mol. The van der Waals surface area contributed by atoms with Crippen LogP contribution < -0.4 is 10.3 Å². The third-order valence-electron chi connectivity index (χ3n) is 4.01. The summed E-state index contributed by atoms with van der Waals surface area (Å²) in [4.78, 5) is 12.8. The van der Waals surface area contributed by atoms with Gasteiger partial charge in [0.2, 0.25) is 0 Å². The van der Waals surface area contributed by atoms with Crippen LogP contribution in [0.2, 0.25) is 5.02 Å². The molecule has 4 nitrogen and oxygen atoms in total. The number of allylic oxidation sites excluding steroid dienone is 1. The predicted molar refractivity (Wildman–Crippen MR) is 100 cm³/mol. The molecule has 25 heavy (non-hydrogen) atoms. The van der Waals surface area contributed by atoms with Crippen molar-refractivity contribution in [3.8, 4) is 22.9 Å². The van der Waals surface area contributed by atoms with Gasteiger partial charge in [0.05, 0.1) is 7.11 Å². The van der Waals surface area contributed by atoms with Gasteiger partial charge in [0.25, 0.3) is 5.56 Å². The molecule has 1 aromatic heterocycles. The van der Waals surface area contributed by atoms with E-state index in [1.54, 1.807) is 43.5 Å². The number of fused-ring (bicyclic) bond motifs is 1. The van der Waals surface area contributed by atoms with Gasteiger partial charge in [-0.1, -0.05) is 29.8 Å². The van der Waals surface area contributed by atoms with Crippen LogP contribution in [0.15, 0.2) is 59.9 Å². The van der Waals surface area contributed by atoms with E-state index >= 15 is 0 Å². The highest BCUT2D eigenvalue weighted by Gasteiger charge is 2.18. The molecule has 0 aliphatic heterocycles. The Kier molecular flexibility index (Phi) is 4.60. The number of rotatable bonds is 4. The van der Waals surface area contributed by atoms with Gasteiger partial charge in [-0.2, -0.15) is 5.26 Å². The van der Waals surface area contributed by atoms with Crippen molar-refractivity contribution in [1.82, 2.24) is 4.57 Å². The van der Waals surface area contributed by atoms with Crippen molar-refractivity contribution in [1.29, 1.82) is 5.26 Å². The first-order chi connectivity index (χ1) is 12.1. The number of hydrogen-bond acceptors (Lipinski definition) is 3. The lowest BCUT2D eigenvalue weighted by molar-refractivity contribution is 0.415. The molecule has 2 aromatic carbocycles. The molecule has 0 atom stereocenters. The lowest BCUT2D eigenvalue weighted by Gasteiger charge is -2.15. The van der Waals surface area contributed by atoms with Crippen LogP contribution in [-0.4, -0.2) is 11.7 Å². The molecule has 5 heteroatoms. The van der Waals surface area contributed by atoms with Crippen molar-refractivity contribution in [3.63, 3.8) is 0 Å². The first-order valence-corrected chi connectivity index (χ1v) is 8.00. The summed E-state index contributed by atoms with van der Waals surface area (Å²) in [5.74, 6) is 0.612. The largest absolute Gasteiger partial charge is 0.497 e. The summed E-state index contributed by atoms with van der Waals surface area (Å²) >= 11 is 6.14. The average molecular weight is 351 g/mol. The molecule has 0 N–H and O–H groups in total. The van der Waals surface area contributed by atoms with E-state index in [1.807, 2.05) is 12.1 Å². The fraction of sp³-hybridized carbons (Fsp3) is 0.100. The zero-order valence-corrected chi connectivity index (χ0v) is 14.4. The van der Waals surface area contributed by atoms with E-state index in [9.17, 15) is 10.1 Å². The second-order valence-electron chi connectivity index (χ2n) is 5.46. The number of nitrogens with zero attached hydrogens (tertiary/aromatic N) is 2. The highest BCUT2D eigenvalue weighted by molar-refractivity contribution is 6.31. The van der Waals surface area contributed by atoms with Crippen LogP contribution in [0.1, 0.15) is 5.69 Å². The lowest BCUT2D eigenvalue weighted by Crippen LogP contribution is -2.23. The van der Waals surface area contributed by atoms with E-state index < -0.39 is 0 Å². The molecule has 0 saturated carbocycles. The smallest absolute Gasteiger partial charge is 0.259 e. The third kappa shape index (κ3) is 2.90. The van der Waals surface area contributed by atoms with Crippen molar-refractivity contribution < 1.29 is 4.74 Å². The lowest BCUT2D eigenvalue weighted by atomic mass is 9.96. The number of methoxy groups -OCH3 is 1. The van der Waals surface area contributed by atoms with E-state index in [-0.39, 0.29) is 17.8 Å². The Balaban J connectivity index is 2.54. The molecule has 0 bridgehead atoms. The number of aromatic nitrogens is 1. The fourth-order valence-corrected chi connectivity index (χ4v) is 3.10. The van der Waals surface area contributed by atoms with Gasteiger partial charge in [-0.3, -0.25) is 9.36 Å². The standard InChI is InChI=1S/C20H15ClN2O2/c1-3-9-23-18(12-22)19(13-5-4-6-14(21)10-13)17-11-15(25-2)7-8-16(17)20(23)24/h3-8,10-11H,1,9H2,2H3. The van der Waals surface area contributed by atoms with Gasteiger partial charge in [0.15, 0.2) is 0 Å². The second-order valence-corrected chi connectivity index (χ2v) is 5.90. The fourth-order valence-electron chi connectivity index (χ4n) is 2.91. The number of halogens is 1. The molecule has 1 heterocycles. The number of benzene rings is 2. The summed E-state index contributed by atoms with van der Waals surface area (Å²) in [5, 5.41) is 11.5. The van der Waals surface area contributed by atoms with E-state index in [2.05, 4.69) is 12.6 Å². The van der Waals surface area contributed by atoms with Gasteiger partial charge in [-0.05, 0) is 35.9 Å². The van der Waals surface area contributed by atoms with Crippen LogP contribution in [0.3, 0.4) is 0 Å². The van der Waals surface area contributed by atoms with Crippen LogP contribution in [0.5, 0.6) is 5.75 Å². The number of ether oxygens (including phenoxy) is 1. The quantitative estimate of drug-likeness (QED) is 0.656. The Morgan fingerprint density at radius 1 is 1.28 bits per heavy atom. The highest BCUT2D eigenvalue weighted by atomic mass is 35.5. The van der Waals surface area contributed by atoms with Crippen LogP contribution in [-0.2, 0) is 6.54 Å². The molecule has 0 aliphatic carbocycles.